The molecule has 10 N–H and O–H groups in total. The molecule has 14 atom stereocenters. The summed E-state index contributed by atoms with van der Waals surface area (Å²) in [5, 5.41) is 36.9. The van der Waals surface area contributed by atoms with E-state index in [-0.39, 0.29) is 67.9 Å². The summed E-state index contributed by atoms with van der Waals surface area (Å²) in [5.74, 6) is -10.8. The number of nitrogens with two attached hydrogens (primary N) is 2. The number of ketones is 2. The van der Waals surface area contributed by atoms with E-state index in [4.69, 9.17) is 25.7 Å². The van der Waals surface area contributed by atoms with Crippen molar-refractivity contribution in [3.05, 3.63) is 160 Å². The Morgan fingerprint density at radius 2 is 1.36 bits per heavy atom. The van der Waals surface area contributed by atoms with E-state index in [2.05, 4.69) is 21.3 Å². The standard InChI is InChI=1S/C75H92N6O16/c1-43-27-29-47(30-28-43)31-33-58(85)79-46(4)54(82)40-51(67(76)89)32-34-59(86)80-53(68(77)90)26-18-19-39-78-57(84)35-36-60(87)96-63(62(48-20-12-9-13-21-48)81-69(91)49-22-14-10-15-23-49)71(93)95-55-42-75(94)66(97-70(92)50-24-16-11-17-25-50)64-73(7)38-37-52(73)41-56(83)74(64,8)65(88)45(3)61(44(55)2)72(75,5)6/h9-17,20-25,27-31,33,45-46,51-53,55-56,62-64,66,83,94H,18-19,26,32,34-42H2,1-8H3,(H2,76,89)(H2,77,90)(H,78,84)(H,79,85)(H,80,86)(H,81,91)/b33-31+/t45-,46?,51-,52-,53?,55+,56+,62+,63-,64-,66+,73-,74-,75-/m1/s1. The van der Waals surface area contributed by atoms with Crippen molar-refractivity contribution in [1.29, 1.82) is 0 Å². The topological polar surface area (TPSA) is 356 Å². The Kier molecular flexibility index (Phi) is 23.8. The first-order valence-electron chi connectivity index (χ1n) is 33.4. The van der Waals surface area contributed by atoms with Gasteiger partial charge in [-0.3, -0.25) is 43.2 Å². The average molecular weight is 1330 g/mol. The summed E-state index contributed by atoms with van der Waals surface area (Å²) in [6.45, 7) is 14.2. The molecule has 22 nitrogen and oxygen atoms in total. The van der Waals surface area contributed by atoms with E-state index in [9.17, 15) is 53.4 Å². The predicted molar refractivity (Wildman–Crippen MR) is 358 cm³/mol. The average Bonchev–Trinajstić information content (AvgIpc) is 0.674. The zero-order valence-electron chi connectivity index (χ0n) is 56.4. The molecule has 97 heavy (non-hydrogen) atoms. The molecule has 4 aliphatic rings. The highest BCUT2D eigenvalue weighted by Gasteiger charge is 2.74. The number of primary amides is 2. The molecule has 4 aliphatic carbocycles. The molecule has 0 heterocycles. The number of Topliss-reactive ketones (excluding diaryl/α,β-unsaturated/α-hetero) is 2. The van der Waals surface area contributed by atoms with Crippen molar-refractivity contribution in [1.82, 2.24) is 21.3 Å². The van der Waals surface area contributed by atoms with Gasteiger partial charge in [-0.05, 0) is 137 Å². The van der Waals surface area contributed by atoms with Crippen LogP contribution in [0.2, 0.25) is 0 Å². The van der Waals surface area contributed by atoms with Gasteiger partial charge in [-0.25, -0.2) is 9.59 Å². The lowest BCUT2D eigenvalue weighted by molar-refractivity contribution is -0.265. The third-order valence-electron chi connectivity index (χ3n) is 21.0. The van der Waals surface area contributed by atoms with Crippen LogP contribution in [0, 0.1) is 46.8 Å². The number of nitrogens with one attached hydrogen (secondary N) is 4. The van der Waals surface area contributed by atoms with Crippen LogP contribution in [0.4, 0.5) is 0 Å². The zero-order valence-corrected chi connectivity index (χ0v) is 56.4. The predicted octanol–water partition coefficient (Wildman–Crippen LogP) is 7.11. The summed E-state index contributed by atoms with van der Waals surface area (Å²) < 4.78 is 19.2. The van der Waals surface area contributed by atoms with Gasteiger partial charge >= 0.3 is 17.9 Å². The molecule has 22 heteroatoms. The van der Waals surface area contributed by atoms with E-state index in [1.165, 1.54) is 13.0 Å². The number of hydrogen-bond donors (Lipinski definition) is 8. The summed E-state index contributed by atoms with van der Waals surface area (Å²) in [5.41, 5.74) is 8.94. The molecule has 0 spiro atoms. The second-order valence-electron chi connectivity index (χ2n) is 27.6. The molecule has 0 radical (unpaired) electrons. The lowest BCUT2D eigenvalue weighted by Crippen LogP contribution is -2.74. The Hall–Kier alpha value is -9.15. The maximum Gasteiger partial charge on any atom is 0.350 e. The van der Waals surface area contributed by atoms with Gasteiger partial charge in [-0.15, -0.1) is 0 Å². The number of aliphatic hydroxyl groups excluding tert-OH is 1. The first-order chi connectivity index (χ1) is 45.9. The number of aryl methyl sites for hydroxylation is 1. The molecule has 4 aromatic rings. The highest BCUT2D eigenvalue weighted by molar-refractivity contribution is 5.98. The minimum absolute atomic E-state index is 0.0649. The van der Waals surface area contributed by atoms with Crippen molar-refractivity contribution in [2.45, 2.75) is 181 Å². The van der Waals surface area contributed by atoms with Gasteiger partial charge < -0.3 is 57.2 Å². The quantitative estimate of drug-likeness (QED) is 0.00882. The molecular weight excluding hydrogens is 1240 g/mol. The number of aliphatic hydroxyl groups is 2. The molecule has 0 saturated heterocycles. The monoisotopic (exact) mass is 1330 g/mol. The molecular formula is C75H92N6O16. The largest absolute Gasteiger partial charge is 0.455 e. The minimum atomic E-state index is -2.11. The maximum atomic E-state index is 15.6. The summed E-state index contributed by atoms with van der Waals surface area (Å²) in [6.07, 6.45) is -2.85. The molecule has 3 saturated carbocycles. The number of carbonyl (C=O) groups excluding carboxylic acids is 11. The Labute approximate surface area is 565 Å². The number of esters is 3. The van der Waals surface area contributed by atoms with Crippen molar-refractivity contribution in [3.63, 3.8) is 0 Å². The molecule has 518 valence electrons. The third kappa shape index (κ3) is 16.6. The normalized spacial score (nSPS) is 25.4. The van der Waals surface area contributed by atoms with Crippen LogP contribution < -0.4 is 32.7 Å². The fraction of sp³-hybridized carbons (Fsp3) is 0.480. The van der Waals surface area contributed by atoms with Crippen molar-refractivity contribution >= 4 is 71.0 Å². The number of fused-ring (bicyclic) bond motifs is 5. The molecule has 3 fully saturated rings. The second kappa shape index (κ2) is 31.4. The fourth-order valence-corrected chi connectivity index (χ4v) is 15.1. The van der Waals surface area contributed by atoms with E-state index >= 15 is 9.59 Å². The van der Waals surface area contributed by atoms with E-state index in [1.54, 1.807) is 132 Å². The van der Waals surface area contributed by atoms with Gasteiger partial charge in [-0.2, -0.15) is 0 Å². The number of ether oxygens (including phenoxy) is 3. The highest BCUT2D eigenvalue weighted by Crippen LogP contribution is 2.70. The van der Waals surface area contributed by atoms with E-state index in [0.29, 0.717) is 36.0 Å². The molecule has 8 rings (SSSR count). The number of benzene rings is 4. The zero-order chi connectivity index (χ0) is 70.7. The number of carbonyl (C=O) groups is 11. The highest BCUT2D eigenvalue weighted by atomic mass is 16.6. The van der Waals surface area contributed by atoms with Crippen LogP contribution >= 0.6 is 0 Å². The minimum Gasteiger partial charge on any atom is -0.455 e. The summed E-state index contributed by atoms with van der Waals surface area (Å²) in [6, 6.07) is 28.6. The lowest BCUT2D eigenvalue weighted by atomic mass is 9.37. The van der Waals surface area contributed by atoms with Crippen LogP contribution in [-0.4, -0.2) is 124 Å². The van der Waals surface area contributed by atoms with Gasteiger partial charge in [0.15, 0.2) is 5.78 Å². The summed E-state index contributed by atoms with van der Waals surface area (Å²) in [7, 11) is 0. The Morgan fingerprint density at radius 3 is 1.97 bits per heavy atom. The van der Waals surface area contributed by atoms with Crippen molar-refractivity contribution in [2.24, 2.45) is 51.4 Å². The van der Waals surface area contributed by atoms with Crippen molar-refractivity contribution in [3.8, 4) is 0 Å². The molecule has 0 aliphatic heterocycles. The van der Waals surface area contributed by atoms with Crippen LogP contribution in [0.3, 0.4) is 0 Å². The van der Waals surface area contributed by atoms with Crippen LogP contribution in [0.15, 0.2) is 132 Å². The summed E-state index contributed by atoms with van der Waals surface area (Å²) >= 11 is 0. The molecule has 6 amide bonds. The molecule has 4 aromatic carbocycles. The van der Waals surface area contributed by atoms with Crippen molar-refractivity contribution in [2.75, 3.05) is 6.54 Å². The van der Waals surface area contributed by atoms with Gasteiger partial charge in [0.05, 0.1) is 29.5 Å². The van der Waals surface area contributed by atoms with Gasteiger partial charge in [-0.1, -0.05) is 124 Å². The second-order valence-corrected chi connectivity index (χ2v) is 27.6. The number of unbranched alkanes of at least 4 members (excludes halogenated alkanes) is 1. The third-order valence-corrected chi connectivity index (χ3v) is 21.0. The van der Waals surface area contributed by atoms with Gasteiger partial charge in [0.25, 0.3) is 5.91 Å². The first kappa shape index (κ1) is 73.7. The Morgan fingerprint density at radius 1 is 0.732 bits per heavy atom. The van der Waals surface area contributed by atoms with Crippen LogP contribution in [-0.2, 0) is 57.4 Å². The van der Waals surface area contributed by atoms with Gasteiger partial charge in [0.1, 0.15) is 35.7 Å². The van der Waals surface area contributed by atoms with Crippen molar-refractivity contribution < 1.29 is 77.2 Å². The van der Waals surface area contributed by atoms with Crippen LogP contribution in [0.25, 0.3) is 6.08 Å². The van der Waals surface area contributed by atoms with E-state index in [0.717, 1.165) is 17.5 Å². The number of amides is 6. The first-order valence-corrected chi connectivity index (χ1v) is 33.4. The maximum absolute atomic E-state index is 15.6. The van der Waals surface area contributed by atoms with Gasteiger partial charge in [0, 0.05) is 67.0 Å². The van der Waals surface area contributed by atoms with Crippen LogP contribution in [0.5, 0.6) is 0 Å². The Balaban J connectivity index is 0.933. The smallest absolute Gasteiger partial charge is 0.350 e. The fourth-order valence-electron chi connectivity index (χ4n) is 15.1. The van der Waals surface area contributed by atoms with Crippen LogP contribution in [0.1, 0.15) is 169 Å². The van der Waals surface area contributed by atoms with Gasteiger partial charge in [0.2, 0.25) is 35.6 Å². The molecule has 2 bridgehead atoms. The number of rotatable bonds is 29. The van der Waals surface area contributed by atoms with E-state index < -0.39 is 154 Å². The SMILES string of the molecule is CC1=C2[C@@H](C)C(=O)[C@@]3(C)[C@H]([C@H](OC(=O)c4ccccc4)[C@](O)(C[C@@H]1OC(=O)[C@H](OC(=O)CCC(=O)NCCCCC(NC(=O)CC[C@H](CC(=O)C(C)NC(=O)/C=C/c1ccc(C)cc1)C(N)=O)C(N)=O)[C@@H](NC(=O)c1ccccc1)c1ccccc1)C2(C)C)[C@]1(C)CC[C@@H]1C[C@@H]3O. The number of hydrogen-bond acceptors (Lipinski definition) is 16. The Bertz CT molecular complexity index is 3650. The lowest BCUT2D eigenvalue weighted by Gasteiger charge is -2.68. The summed E-state index contributed by atoms with van der Waals surface area (Å²) in [4.78, 5) is 151. The van der Waals surface area contributed by atoms with E-state index in [1.807, 2.05) is 38.1 Å². The molecule has 0 aromatic heterocycles. The molecule has 2 unspecified atom stereocenters.